The van der Waals surface area contributed by atoms with Crippen LogP contribution in [0, 0.1) is 12.8 Å². The monoisotopic (exact) mass is 288 g/mol. The van der Waals surface area contributed by atoms with E-state index in [2.05, 4.69) is 17.1 Å². The number of aromatic amines is 1. The molecule has 1 rings (SSSR count). The Morgan fingerprint density at radius 2 is 2.05 bits per heavy atom. The molecule has 0 saturated carbocycles. The lowest BCUT2D eigenvalue weighted by Gasteiger charge is -2.22. The summed E-state index contributed by atoms with van der Waals surface area (Å²) in [6.45, 7) is 8.80. The predicted octanol–water partition coefficient (Wildman–Crippen LogP) is 1.23. The molecule has 0 amide bonds. The molecule has 6 nitrogen and oxygen atoms in total. The average Bonchev–Trinajstić information content (AvgIpc) is 2.76. The summed E-state index contributed by atoms with van der Waals surface area (Å²) in [6.07, 6.45) is 0.940. The van der Waals surface area contributed by atoms with E-state index in [-0.39, 0.29) is 11.6 Å². The van der Waals surface area contributed by atoms with Crippen LogP contribution in [0.25, 0.3) is 0 Å². The Hall–Kier alpha value is -0.920. The van der Waals surface area contributed by atoms with Crippen LogP contribution in [0.1, 0.15) is 38.4 Å². The van der Waals surface area contributed by atoms with Crippen molar-refractivity contribution in [3.8, 4) is 0 Å². The topological polar surface area (TPSA) is 92.1 Å². The summed E-state index contributed by atoms with van der Waals surface area (Å²) >= 11 is 0. The van der Waals surface area contributed by atoms with Crippen LogP contribution < -0.4 is 5.73 Å². The number of nitrogens with two attached hydrogens (primary N) is 1. The summed E-state index contributed by atoms with van der Waals surface area (Å²) < 4.78 is 26.7. The molecule has 1 heterocycles. The quantitative estimate of drug-likeness (QED) is 0.789. The van der Waals surface area contributed by atoms with Crippen molar-refractivity contribution < 1.29 is 8.42 Å². The first kappa shape index (κ1) is 16.1. The Morgan fingerprint density at radius 3 is 2.53 bits per heavy atom. The molecule has 7 heteroatoms. The van der Waals surface area contributed by atoms with Crippen LogP contribution >= 0.6 is 0 Å². The van der Waals surface area contributed by atoms with Crippen LogP contribution in [0.2, 0.25) is 0 Å². The third-order valence-electron chi connectivity index (χ3n) is 3.39. The number of hydrogen-bond acceptors (Lipinski definition) is 4. The number of nitrogens with one attached hydrogen (secondary N) is 1. The molecule has 0 radical (unpaired) electrons. The Balaban J connectivity index is 3.13. The summed E-state index contributed by atoms with van der Waals surface area (Å²) in [5.74, 6) is 0.316. The molecule has 0 saturated heterocycles. The Morgan fingerprint density at radius 1 is 1.42 bits per heavy atom. The van der Waals surface area contributed by atoms with Crippen LogP contribution in [-0.4, -0.2) is 36.0 Å². The Kier molecular flexibility index (Phi) is 5.51. The minimum Gasteiger partial charge on any atom is -0.326 e. The van der Waals surface area contributed by atoms with Gasteiger partial charge in [-0.1, -0.05) is 27.2 Å². The van der Waals surface area contributed by atoms with Crippen molar-refractivity contribution in [2.45, 2.75) is 45.7 Å². The number of aryl methyl sites for hydroxylation is 1. The molecule has 19 heavy (non-hydrogen) atoms. The third kappa shape index (κ3) is 3.34. The first-order valence-electron chi connectivity index (χ1n) is 6.62. The number of rotatable bonds is 7. The fourth-order valence-electron chi connectivity index (χ4n) is 1.88. The van der Waals surface area contributed by atoms with Gasteiger partial charge in [-0.25, -0.2) is 8.42 Å². The SMILES string of the molecule is CCC(C)CN(CC)S(=O)(=O)c1n[nH]c(C)c1CN. The van der Waals surface area contributed by atoms with Crippen molar-refractivity contribution in [1.29, 1.82) is 0 Å². The molecule has 0 aliphatic carbocycles. The highest BCUT2D eigenvalue weighted by Crippen LogP contribution is 2.21. The molecule has 1 aromatic rings. The number of sulfonamides is 1. The molecule has 0 bridgehead atoms. The maximum atomic E-state index is 12.6. The second kappa shape index (κ2) is 6.49. The van der Waals surface area contributed by atoms with Crippen LogP contribution in [0.15, 0.2) is 5.03 Å². The zero-order valence-electron chi connectivity index (χ0n) is 12.1. The normalized spacial score (nSPS) is 14.0. The third-order valence-corrected chi connectivity index (χ3v) is 5.30. The van der Waals surface area contributed by atoms with Crippen molar-refractivity contribution in [2.24, 2.45) is 11.7 Å². The van der Waals surface area contributed by atoms with Gasteiger partial charge in [0.05, 0.1) is 0 Å². The molecular formula is C12H24N4O2S. The standard InChI is InChI=1S/C12H24N4O2S/c1-5-9(3)8-16(6-2)19(17,18)12-11(7-13)10(4)14-15-12/h9H,5-8,13H2,1-4H3,(H,14,15). The van der Waals surface area contributed by atoms with E-state index >= 15 is 0 Å². The maximum Gasteiger partial charge on any atom is 0.262 e. The molecule has 110 valence electrons. The Labute approximate surface area is 115 Å². The molecule has 1 aromatic heterocycles. The minimum atomic E-state index is -3.57. The van der Waals surface area contributed by atoms with E-state index < -0.39 is 10.0 Å². The van der Waals surface area contributed by atoms with E-state index in [1.54, 1.807) is 6.92 Å². The van der Waals surface area contributed by atoms with E-state index in [1.807, 2.05) is 13.8 Å². The van der Waals surface area contributed by atoms with E-state index in [0.717, 1.165) is 6.42 Å². The molecule has 0 aliphatic heterocycles. The van der Waals surface area contributed by atoms with Gasteiger partial charge in [-0.15, -0.1) is 0 Å². The summed E-state index contributed by atoms with van der Waals surface area (Å²) in [7, 11) is -3.57. The van der Waals surface area contributed by atoms with Gasteiger partial charge in [-0.3, -0.25) is 5.10 Å². The Bertz CT molecular complexity index is 510. The van der Waals surface area contributed by atoms with Crippen LogP contribution in [0.3, 0.4) is 0 Å². The smallest absolute Gasteiger partial charge is 0.262 e. The van der Waals surface area contributed by atoms with Crippen LogP contribution in [0.5, 0.6) is 0 Å². The molecule has 3 N–H and O–H groups in total. The number of nitrogens with zero attached hydrogens (tertiary/aromatic N) is 2. The second-order valence-electron chi connectivity index (χ2n) is 4.81. The lowest BCUT2D eigenvalue weighted by molar-refractivity contribution is 0.360. The van der Waals surface area contributed by atoms with Crippen LogP contribution in [0.4, 0.5) is 0 Å². The zero-order chi connectivity index (χ0) is 14.6. The molecule has 0 aromatic carbocycles. The number of hydrogen-bond donors (Lipinski definition) is 2. The van der Waals surface area contributed by atoms with E-state index in [9.17, 15) is 8.42 Å². The van der Waals surface area contributed by atoms with Gasteiger partial charge in [-0.05, 0) is 12.8 Å². The summed E-state index contributed by atoms with van der Waals surface area (Å²) in [4.78, 5) is 0. The number of aromatic nitrogens is 2. The zero-order valence-corrected chi connectivity index (χ0v) is 12.9. The lowest BCUT2D eigenvalue weighted by Crippen LogP contribution is -2.35. The summed E-state index contributed by atoms with van der Waals surface area (Å²) in [6, 6.07) is 0. The average molecular weight is 288 g/mol. The van der Waals surface area contributed by atoms with Crippen molar-refractivity contribution in [2.75, 3.05) is 13.1 Å². The molecule has 1 unspecified atom stereocenters. The van der Waals surface area contributed by atoms with Crippen LogP contribution in [-0.2, 0) is 16.6 Å². The molecular weight excluding hydrogens is 264 g/mol. The molecule has 0 aliphatic rings. The highest BCUT2D eigenvalue weighted by atomic mass is 32.2. The van der Waals surface area contributed by atoms with Gasteiger partial charge >= 0.3 is 0 Å². The van der Waals surface area contributed by atoms with Gasteiger partial charge in [0, 0.05) is 30.9 Å². The number of H-pyrrole nitrogens is 1. The highest BCUT2D eigenvalue weighted by molar-refractivity contribution is 7.89. The lowest BCUT2D eigenvalue weighted by atomic mass is 10.1. The first-order valence-corrected chi connectivity index (χ1v) is 8.06. The van der Waals surface area contributed by atoms with E-state index in [1.165, 1.54) is 4.31 Å². The van der Waals surface area contributed by atoms with Gasteiger partial charge in [0.1, 0.15) is 0 Å². The highest BCUT2D eigenvalue weighted by Gasteiger charge is 2.29. The van der Waals surface area contributed by atoms with Crippen molar-refractivity contribution >= 4 is 10.0 Å². The van der Waals surface area contributed by atoms with Crippen molar-refractivity contribution in [3.63, 3.8) is 0 Å². The van der Waals surface area contributed by atoms with E-state index in [4.69, 9.17) is 5.73 Å². The van der Waals surface area contributed by atoms with E-state index in [0.29, 0.717) is 30.3 Å². The first-order chi connectivity index (χ1) is 8.88. The summed E-state index contributed by atoms with van der Waals surface area (Å²) in [5.41, 5.74) is 6.90. The largest absolute Gasteiger partial charge is 0.326 e. The second-order valence-corrected chi connectivity index (χ2v) is 6.66. The van der Waals surface area contributed by atoms with Gasteiger partial charge in [-0.2, -0.15) is 9.40 Å². The minimum absolute atomic E-state index is 0.0673. The fraction of sp³-hybridized carbons (Fsp3) is 0.750. The van der Waals surface area contributed by atoms with Gasteiger partial charge < -0.3 is 5.73 Å². The van der Waals surface area contributed by atoms with Gasteiger partial charge in [0.15, 0.2) is 5.03 Å². The molecule has 0 fully saturated rings. The van der Waals surface area contributed by atoms with Gasteiger partial charge in [0.2, 0.25) is 0 Å². The molecule has 0 spiro atoms. The fourth-order valence-corrected chi connectivity index (χ4v) is 3.62. The molecule has 1 atom stereocenters. The maximum absolute atomic E-state index is 12.6. The summed E-state index contributed by atoms with van der Waals surface area (Å²) in [5, 5.41) is 6.70. The van der Waals surface area contributed by atoms with Crippen molar-refractivity contribution in [1.82, 2.24) is 14.5 Å². The van der Waals surface area contributed by atoms with Crippen molar-refractivity contribution in [3.05, 3.63) is 11.3 Å². The predicted molar refractivity (Wildman–Crippen MR) is 75.1 cm³/mol. The van der Waals surface area contributed by atoms with Gasteiger partial charge in [0.25, 0.3) is 10.0 Å².